The van der Waals surface area contributed by atoms with Crippen LogP contribution in [0.25, 0.3) is 10.9 Å². The van der Waals surface area contributed by atoms with Gasteiger partial charge in [-0.25, -0.2) is 9.97 Å². The molecule has 1 fully saturated rings. The van der Waals surface area contributed by atoms with E-state index in [9.17, 15) is 0 Å². The summed E-state index contributed by atoms with van der Waals surface area (Å²) in [5.74, 6) is 2.69. The lowest BCUT2D eigenvalue weighted by Gasteiger charge is -2.30. The van der Waals surface area contributed by atoms with Crippen molar-refractivity contribution in [3.05, 3.63) is 18.5 Å². The van der Waals surface area contributed by atoms with E-state index in [-0.39, 0.29) is 0 Å². The zero-order valence-electron chi connectivity index (χ0n) is 14.5. The topological polar surface area (TPSA) is 73.5 Å². The lowest BCUT2D eigenvalue weighted by Crippen LogP contribution is -2.34. The summed E-state index contributed by atoms with van der Waals surface area (Å²) in [4.78, 5) is 10.8. The molecule has 2 N–H and O–H groups in total. The minimum absolute atomic E-state index is 0.454. The SMILES string of the molecule is COc1cc2ncnc(N)c2cc1OCCCN1CCC(C)CC1. The Hall–Kier alpha value is -2.08. The Morgan fingerprint density at radius 3 is 2.75 bits per heavy atom. The van der Waals surface area contributed by atoms with Crippen molar-refractivity contribution >= 4 is 16.7 Å². The summed E-state index contributed by atoms with van der Waals surface area (Å²) in [6, 6.07) is 3.71. The molecule has 0 radical (unpaired) electrons. The highest BCUT2D eigenvalue weighted by atomic mass is 16.5. The number of fused-ring (bicyclic) bond motifs is 1. The normalized spacial score (nSPS) is 16.4. The second-order valence-corrected chi connectivity index (χ2v) is 6.51. The summed E-state index contributed by atoms with van der Waals surface area (Å²) in [5, 5.41) is 0.790. The molecule has 0 amide bonds. The van der Waals surface area contributed by atoms with Crippen molar-refractivity contribution in [2.24, 2.45) is 5.92 Å². The van der Waals surface area contributed by atoms with Crippen LogP contribution in [-0.2, 0) is 0 Å². The number of methoxy groups -OCH3 is 1. The van der Waals surface area contributed by atoms with Crippen LogP contribution in [0.3, 0.4) is 0 Å². The molecule has 0 spiro atoms. The van der Waals surface area contributed by atoms with Gasteiger partial charge in [0.2, 0.25) is 0 Å². The molecule has 1 aliphatic rings. The van der Waals surface area contributed by atoms with Crippen molar-refractivity contribution in [2.75, 3.05) is 39.1 Å². The van der Waals surface area contributed by atoms with Gasteiger partial charge in [-0.05, 0) is 44.3 Å². The maximum Gasteiger partial charge on any atom is 0.162 e. The number of hydrogen-bond donors (Lipinski definition) is 1. The molecule has 0 saturated carbocycles. The average Bonchev–Trinajstić information content (AvgIpc) is 2.60. The van der Waals surface area contributed by atoms with Crippen LogP contribution in [0.5, 0.6) is 11.5 Å². The van der Waals surface area contributed by atoms with Gasteiger partial charge >= 0.3 is 0 Å². The van der Waals surface area contributed by atoms with Crippen LogP contribution in [-0.4, -0.2) is 48.2 Å². The summed E-state index contributed by atoms with van der Waals surface area (Å²) in [5.41, 5.74) is 6.68. The number of aromatic nitrogens is 2. The molecule has 0 unspecified atom stereocenters. The number of nitrogens with zero attached hydrogens (tertiary/aromatic N) is 3. The second-order valence-electron chi connectivity index (χ2n) is 6.51. The molecule has 6 heteroatoms. The van der Waals surface area contributed by atoms with E-state index < -0.39 is 0 Å². The predicted octanol–water partition coefficient (Wildman–Crippen LogP) is 2.72. The summed E-state index contributed by atoms with van der Waals surface area (Å²) < 4.78 is 11.4. The Bertz CT molecular complexity index is 684. The van der Waals surface area contributed by atoms with E-state index in [4.69, 9.17) is 15.2 Å². The summed E-state index contributed by atoms with van der Waals surface area (Å²) in [6.07, 6.45) is 5.06. The van der Waals surface area contributed by atoms with Crippen LogP contribution in [0.15, 0.2) is 18.5 Å². The third-order valence-corrected chi connectivity index (χ3v) is 4.70. The third kappa shape index (κ3) is 3.87. The number of piperidine rings is 1. The molecule has 2 heterocycles. The molecule has 2 aromatic rings. The van der Waals surface area contributed by atoms with Gasteiger partial charge in [0.05, 0.1) is 19.2 Å². The van der Waals surface area contributed by atoms with Gasteiger partial charge in [0.15, 0.2) is 11.5 Å². The number of ether oxygens (including phenoxy) is 2. The molecule has 0 aliphatic carbocycles. The molecule has 0 bridgehead atoms. The third-order valence-electron chi connectivity index (χ3n) is 4.70. The van der Waals surface area contributed by atoms with E-state index in [0.29, 0.717) is 23.9 Å². The maximum absolute atomic E-state index is 5.94. The zero-order valence-corrected chi connectivity index (χ0v) is 14.5. The van der Waals surface area contributed by atoms with E-state index in [0.717, 1.165) is 29.8 Å². The number of nitrogens with two attached hydrogens (primary N) is 1. The van der Waals surface area contributed by atoms with Gasteiger partial charge < -0.3 is 20.1 Å². The summed E-state index contributed by atoms with van der Waals surface area (Å²) in [7, 11) is 1.63. The monoisotopic (exact) mass is 330 g/mol. The van der Waals surface area contributed by atoms with Gasteiger partial charge in [-0.15, -0.1) is 0 Å². The molecular formula is C18H26N4O2. The molecule has 6 nitrogen and oxygen atoms in total. The van der Waals surface area contributed by atoms with Gasteiger partial charge in [0.1, 0.15) is 12.1 Å². The fraction of sp³-hybridized carbons (Fsp3) is 0.556. The molecule has 24 heavy (non-hydrogen) atoms. The van der Waals surface area contributed by atoms with E-state index in [1.54, 1.807) is 7.11 Å². The molecule has 130 valence electrons. The lowest BCUT2D eigenvalue weighted by atomic mass is 9.99. The highest BCUT2D eigenvalue weighted by Gasteiger charge is 2.15. The molecule has 3 rings (SSSR count). The van der Waals surface area contributed by atoms with E-state index in [1.807, 2.05) is 12.1 Å². The first-order chi connectivity index (χ1) is 11.7. The fourth-order valence-electron chi connectivity index (χ4n) is 3.11. The van der Waals surface area contributed by atoms with Gasteiger partial charge in [-0.2, -0.15) is 0 Å². The van der Waals surface area contributed by atoms with Crippen molar-refractivity contribution in [3.8, 4) is 11.5 Å². The molecule has 1 aromatic carbocycles. The minimum atomic E-state index is 0.454. The molecule has 1 aliphatic heterocycles. The maximum atomic E-state index is 5.94. The van der Waals surface area contributed by atoms with Crippen LogP contribution in [0, 0.1) is 5.92 Å². The van der Waals surface area contributed by atoms with Gasteiger partial charge in [-0.3, -0.25) is 0 Å². The minimum Gasteiger partial charge on any atom is -0.493 e. The Kier molecular flexibility index (Phi) is 5.35. The van der Waals surface area contributed by atoms with Gasteiger partial charge in [0, 0.05) is 18.0 Å². The molecule has 0 atom stereocenters. The first-order valence-corrected chi connectivity index (χ1v) is 8.60. The fourth-order valence-corrected chi connectivity index (χ4v) is 3.11. The number of hydrogen-bond acceptors (Lipinski definition) is 6. The smallest absolute Gasteiger partial charge is 0.162 e. The molecule has 1 saturated heterocycles. The van der Waals surface area contributed by atoms with Crippen LogP contribution in [0.4, 0.5) is 5.82 Å². The second kappa shape index (κ2) is 7.66. The van der Waals surface area contributed by atoms with Crippen LogP contribution >= 0.6 is 0 Å². The van der Waals surface area contributed by atoms with Crippen molar-refractivity contribution < 1.29 is 9.47 Å². The van der Waals surface area contributed by atoms with E-state index in [2.05, 4.69) is 21.8 Å². The van der Waals surface area contributed by atoms with Gasteiger partial charge in [-0.1, -0.05) is 6.92 Å². The van der Waals surface area contributed by atoms with Crippen LogP contribution in [0.1, 0.15) is 26.2 Å². The molecular weight excluding hydrogens is 304 g/mol. The first kappa shape index (κ1) is 16.8. The van der Waals surface area contributed by atoms with Crippen molar-refractivity contribution in [2.45, 2.75) is 26.2 Å². The zero-order chi connectivity index (χ0) is 16.9. The summed E-state index contributed by atoms with van der Waals surface area (Å²) >= 11 is 0. The Labute approximate surface area is 143 Å². The Morgan fingerprint density at radius 2 is 2.00 bits per heavy atom. The first-order valence-electron chi connectivity index (χ1n) is 8.60. The Balaban J connectivity index is 1.59. The van der Waals surface area contributed by atoms with E-state index >= 15 is 0 Å². The summed E-state index contributed by atoms with van der Waals surface area (Å²) in [6.45, 7) is 6.47. The van der Waals surface area contributed by atoms with Crippen molar-refractivity contribution in [1.29, 1.82) is 0 Å². The highest BCUT2D eigenvalue weighted by molar-refractivity contribution is 5.90. The Morgan fingerprint density at radius 1 is 1.21 bits per heavy atom. The van der Waals surface area contributed by atoms with Gasteiger partial charge in [0.25, 0.3) is 0 Å². The largest absolute Gasteiger partial charge is 0.493 e. The number of likely N-dealkylation sites (tertiary alicyclic amines) is 1. The van der Waals surface area contributed by atoms with E-state index in [1.165, 1.54) is 32.3 Å². The predicted molar refractivity (Wildman–Crippen MR) is 95.5 cm³/mol. The van der Waals surface area contributed by atoms with Crippen LogP contribution < -0.4 is 15.2 Å². The highest BCUT2D eigenvalue weighted by Crippen LogP contribution is 2.33. The average molecular weight is 330 g/mol. The number of anilines is 1. The number of benzene rings is 1. The molecule has 1 aromatic heterocycles. The van der Waals surface area contributed by atoms with Crippen LogP contribution in [0.2, 0.25) is 0 Å². The standard InChI is InChI=1S/C18H26N4O2/c1-13-4-7-22(8-5-13)6-3-9-24-17-10-14-15(11-16(17)23-2)20-12-21-18(14)19/h10-13H,3-9H2,1-2H3,(H2,19,20,21). The quantitative estimate of drug-likeness (QED) is 0.821. The van der Waals surface area contributed by atoms with Crippen molar-refractivity contribution in [1.82, 2.24) is 14.9 Å². The lowest BCUT2D eigenvalue weighted by molar-refractivity contribution is 0.176. The van der Waals surface area contributed by atoms with Crippen molar-refractivity contribution in [3.63, 3.8) is 0 Å². The number of nitrogen functional groups attached to an aromatic ring is 1. The number of rotatable bonds is 6.